The molecule has 0 atom stereocenters. The van der Waals surface area contributed by atoms with Crippen molar-refractivity contribution in [1.29, 1.82) is 5.26 Å². The van der Waals surface area contributed by atoms with Gasteiger partial charge in [0.25, 0.3) is 0 Å². The van der Waals surface area contributed by atoms with Gasteiger partial charge in [0.15, 0.2) is 17.2 Å². The van der Waals surface area contributed by atoms with Crippen molar-refractivity contribution in [2.45, 2.75) is 0 Å². The van der Waals surface area contributed by atoms with Crippen molar-refractivity contribution in [3.63, 3.8) is 0 Å². The highest BCUT2D eigenvalue weighted by Gasteiger charge is 2.10. The number of rotatable bonds is 1. The molecule has 3 nitrogen and oxygen atoms in total. The third kappa shape index (κ3) is 3.11. The molecule has 0 aromatic heterocycles. The quantitative estimate of drug-likeness (QED) is 0.282. The summed E-state index contributed by atoms with van der Waals surface area (Å²) in [6, 6.07) is 3.06. The standard InChI is InChI=1S/C9H6BrClFN3S/c1-16-9(14-4-13)15-6-3-2-5(10)7(11)8(6)12/h2-3H,1H3,(H,14,15). The van der Waals surface area contributed by atoms with E-state index in [0.717, 1.165) is 0 Å². The molecule has 0 radical (unpaired) electrons. The van der Waals surface area contributed by atoms with Crippen LogP contribution >= 0.6 is 39.3 Å². The molecule has 16 heavy (non-hydrogen) atoms. The van der Waals surface area contributed by atoms with E-state index >= 15 is 0 Å². The highest BCUT2D eigenvalue weighted by Crippen LogP contribution is 2.32. The number of hydrogen-bond acceptors (Lipinski definition) is 3. The summed E-state index contributed by atoms with van der Waals surface area (Å²) in [6.07, 6.45) is 3.44. The van der Waals surface area contributed by atoms with E-state index in [2.05, 4.69) is 26.2 Å². The van der Waals surface area contributed by atoms with Crippen molar-refractivity contribution in [2.24, 2.45) is 4.99 Å². The zero-order valence-electron chi connectivity index (χ0n) is 8.09. The number of aliphatic imine (C=N–C) groups is 1. The van der Waals surface area contributed by atoms with Gasteiger partial charge in [0, 0.05) is 4.47 Å². The molecular weight excluding hydrogens is 317 g/mol. The fraction of sp³-hybridized carbons (Fsp3) is 0.111. The van der Waals surface area contributed by atoms with Gasteiger partial charge in [-0.15, -0.1) is 0 Å². The topological polar surface area (TPSA) is 48.2 Å². The van der Waals surface area contributed by atoms with Gasteiger partial charge >= 0.3 is 0 Å². The van der Waals surface area contributed by atoms with Crippen molar-refractivity contribution < 1.29 is 4.39 Å². The van der Waals surface area contributed by atoms with Crippen LogP contribution in [0.5, 0.6) is 0 Å². The predicted octanol–water partition coefficient (Wildman–Crippen LogP) is 3.66. The van der Waals surface area contributed by atoms with Gasteiger partial charge in [-0.05, 0) is 34.3 Å². The lowest BCUT2D eigenvalue weighted by molar-refractivity contribution is 0.629. The normalized spacial score (nSPS) is 11.1. The summed E-state index contributed by atoms with van der Waals surface area (Å²) in [5, 5.41) is 11.0. The van der Waals surface area contributed by atoms with Crippen LogP contribution in [-0.2, 0) is 0 Å². The van der Waals surface area contributed by atoms with Crippen molar-refractivity contribution in [2.75, 3.05) is 6.26 Å². The Balaban J connectivity index is 3.15. The molecule has 1 rings (SSSR count). The summed E-state index contributed by atoms with van der Waals surface area (Å²) in [7, 11) is 0. The molecule has 0 spiro atoms. The summed E-state index contributed by atoms with van der Waals surface area (Å²) >= 11 is 10.0. The average Bonchev–Trinajstić information content (AvgIpc) is 2.29. The minimum absolute atomic E-state index is 0.0290. The van der Waals surface area contributed by atoms with Crippen molar-refractivity contribution in [3.05, 3.63) is 27.4 Å². The zero-order chi connectivity index (χ0) is 12.1. The molecule has 0 saturated heterocycles. The molecule has 1 aromatic rings. The number of halogens is 3. The summed E-state index contributed by atoms with van der Waals surface area (Å²) in [4.78, 5) is 3.93. The van der Waals surface area contributed by atoms with E-state index < -0.39 is 5.82 Å². The van der Waals surface area contributed by atoms with Crippen LogP contribution < -0.4 is 5.32 Å². The second kappa shape index (κ2) is 6.09. The smallest absolute Gasteiger partial charge is 0.183 e. The highest BCUT2D eigenvalue weighted by molar-refractivity contribution is 9.10. The largest absolute Gasteiger partial charge is 0.271 e. The highest BCUT2D eigenvalue weighted by atomic mass is 79.9. The van der Waals surface area contributed by atoms with E-state index in [4.69, 9.17) is 16.9 Å². The molecule has 1 N–H and O–H groups in total. The van der Waals surface area contributed by atoms with Crippen molar-refractivity contribution in [3.8, 4) is 6.19 Å². The van der Waals surface area contributed by atoms with Gasteiger partial charge in [-0.25, -0.2) is 9.38 Å². The van der Waals surface area contributed by atoms with Gasteiger partial charge in [0.05, 0.1) is 5.02 Å². The summed E-state index contributed by atoms with van der Waals surface area (Å²) in [5.41, 5.74) is 0.0836. The van der Waals surface area contributed by atoms with Gasteiger partial charge in [0.2, 0.25) is 0 Å². The Labute approximate surface area is 110 Å². The maximum Gasteiger partial charge on any atom is 0.183 e. The van der Waals surface area contributed by atoms with Gasteiger partial charge in [0.1, 0.15) is 5.69 Å². The van der Waals surface area contributed by atoms with E-state index in [1.807, 2.05) is 0 Å². The number of nitrogens with zero attached hydrogens (tertiary/aromatic N) is 2. The molecule has 0 fully saturated rings. The number of hydrogen-bond donors (Lipinski definition) is 1. The molecule has 0 aliphatic rings. The number of nitrogens with one attached hydrogen (secondary N) is 1. The summed E-state index contributed by atoms with van der Waals surface area (Å²) in [6.45, 7) is 0. The molecular formula is C9H6BrClFN3S. The molecule has 0 aliphatic carbocycles. The average molecular weight is 323 g/mol. The Morgan fingerprint density at radius 1 is 1.69 bits per heavy atom. The van der Waals surface area contributed by atoms with E-state index in [9.17, 15) is 4.39 Å². The van der Waals surface area contributed by atoms with E-state index in [-0.39, 0.29) is 10.7 Å². The third-order valence-electron chi connectivity index (χ3n) is 1.59. The second-order valence-corrected chi connectivity index (χ2v) is 4.58. The lowest BCUT2D eigenvalue weighted by atomic mass is 10.3. The Morgan fingerprint density at radius 3 is 2.94 bits per heavy atom. The zero-order valence-corrected chi connectivity index (χ0v) is 11.2. The molecule has 0 aliphatic heterocycles. The fourth-order valence-electron chi connectivity index (χ4n) is 0.884. The van der Waals surface area contributed by atoms with Crippen LogP contribution in [0.2, 0.25) is 5.02 Å². The summed E-state index contributed by atoms with van der Waals surface area (Å²) in [5.74, 6) is -0.623. The van der Waals surface area contributed by atoms with Crippen LogP contribution in [0.4, 0.5) is 10.1 Å². The Morgan fingerprint density at radius 2 is 2.38 bits per heavy atom. The van der Waals surface area contributed by atoms with Gasteiger partial charge in [-0.2, -0.15) is 5.26 Å². The van der Waals surface area contributed by atoms with E-state index in [0.29, 0.717) is 9.64 Å². The van der Waals surface area contributed by atoms with Crippen LogP contribution in [0.15, 0.2) is 21.6 Å². The number of thioether (sulfide) groups is 1. The van der Waals surface area contributed by atoms with Gasteiger partial charge in [-0.1, -0.05) is 23.4 Å². The first-order chi connectivity index (χ1) is 7.60. The minimum Gasteiger partial charge on any atom is -0.271 e. The second-order valence-electron chi connectivity index (χ2n) is 2.55. The predicted molar refractivity (Wildman–Crippen MR) is 68.5 cm³/mol. The van der Waals surface area contributed by atoms with Gasteiger partial charge < -0.3 is 0 Å². The van der Waals surface area contributed by atoms with E-state index in [1.165, 1.54) is 17.8 Å². The van der Waals surface area contributed by atoms with Crippen LogP contribution in [0.3, 0.4) is 0 Å². The first-order valence-electron chi connectivity index (χ1n) is 4.01. The van der Waals surface area contributed by atoms with Crippen LogP contribution in [-0.4, -0.2) is 11.4 Å². The number of nitriles is 1. The van der Waals surface area contributed by atoms with Crippen LogP contribution in [0.25, 0.3) is 0 Å². The lowest BCUT2D eigenvalue weighted by Crippen LogP contribution is -2.12. The Bertz CT molecular complexity index is 473. The number of benzene rings is 1. The van der Waals surface area contributed by atoms with E-state index in [1.54, 1.807) is 18.5 Å². The Kier molecular flexibility index (Phi) is 5.06. The first kappa shape index (κ1) is 13.3. The molecule has 0 heterocycles. The monoisotopic (exact) mass is 321 g/mol. The molecule has 1 aromatic carbocycles. The first-order valence-corrected chi connectivity index (χ1v) is 6.41. The molecule has 84 valence electrons. The SMILES string of the molecule is CSC(=Nc1ccc(Br)c(Cl)c1F)NC#N. The number of amidine groups is 1. The van der Waals surface area contributed by atoms with Crippen molar-refractivity contribution in [1.82, 2.24) is 5.32 Å². The van der Waals surface area contributed by atoms with Gasteiger partial charge in [-0.3, -0.25) is 5.32 Å². The Hall–Kier alpha value is -0.770. The molecule has 7 heteroatoms. The maximum atomic E-state index is 13.6. The lowest BCUT2D eigenvalue weighted by Gasteiger charge is -2.03. The fourth-order valence-corrected chi connectivity index (χ4v) is 1.69. The molecule has 0 saturated carbocycles. The molecule has 0 amide bonds. The molecule has 0 bridgehead atoms. The van der Waals surface area contributed by atoms with Crippen LogP contribution in [0.1, 0.15) is 0 Å². The molecule has 0 unspecified atom stereocenters. The maximum absolute atomic E-state index is 13.6. The van der Waals surface area contributed by atoms with Crippen molar-refractivity contribution >= 4 is 50.1 Å². The minimum atomic E-state index is -0.623. The summed E-state index contributed by atoms with van der Waals surface area (Å²) < 4.78 is 14.1. The van der Waals surface area contributed by atoms with Crippen LogP contribution in [0, 0.1) is 17.3 Å². The third-order valence-corrected chi connectivity index (χ3v) is 3.43.